The van der Waals surface area contributed by atoms with Crippen LogP contribution >= 0.6 is 0 Å². The average molecular weight is 397 g/mol. The molecule has 2 aliphatic rings. The Morgan fingerprint density at radius 1 is 0.750 bits per heavy atom. The van der Waals surface area contributed by atoms with Gasteiger partial charge in [0.2, 0.25) is 0 Å². The minimum absolute atomic E-state index is 0.178. The molecule has 0 saturated heterocycles. The molecule has 0 spiro atoms. The molecule has 0 N–H and O–H groups in total. The highest BCUT2D eigenvalue weighted by Crippen LogP contribution is 2.42. The van der Waals surface area contributed by atoms with Gasteiger partial charge in [0.25, 0.3) is 0 Å². The normalized spacial score (nSPS) is 28.3. The third-order valence-corrected chi connectivity index (χ3v) is 7.11. The SMILES string of the molecule is CCCCCC1CCC(C2CCC(COc3cc(F)c(F)cc3F)CC2)CC1. The lowest BCUT2D eigenvalue weighted by molar-refractivity contribution is 0.120. The molecule has 0 heterocycles. The summed E-state index contributed by atoms with van der Waals surface area (Å²) in [6.45, 7) is 2.66. The van der Waals surface area contributed by atoms with Crippen molar-refractivity contribution in [3.63, 3.8) is 0 Å². The molecule has 3 rings (SSSR count). The summed E-state index contributed by atoms with van der Waals surface area (Å²) in [6, 6.07) is 1.37. The molecular weight excluding hydrogens is 361 g/mol. The molecule has 1 nitrogen and oxygen atoms in total. The van der Waals surface area contributed by atoms with Crippen LogP contribution in [0.3, 0.4) is 0 Å². The highest BCUT2D eigenvalue weighted by molar-refractivity contribution is 5.26. The second kappa shape index (κ2) is 10.5. The molecule has 0 aliphatic heterocycles. The summed E-state index contributed by atoms with van der Waals surface area (Å²) in [5.41, 5.74) is 0. The zero-order valence-corrected chi connectivity index (χ0v) is 17.2. The maximum Gasteiger partial charge on any atom is 0.168 e. The molecular formula is C24H35F3O. The van der Waals surface area contributed by atoms with E-state index in [2.05, 4.69) is 6.92 Å². The van der Waals surface area contributed by atoms with Gasteiger partial charge in [0, 0.05) is 12.1 Å². The van der Waals surface area contributed by atoms with Gasteiger partial charge in [0.05, 0.1) is 6.61 Å². The van der Waals surface area contributed by atoms with Crippen LogP contribution in [-0.2, 0) is 0 Å². The van der Waals surface area contributed by atoms with Gasteiger partial charge in [-0.15, -0.1) is 0 Å². The van der Waals surface area contributed by atoms with Crippen molar-refractivity contribution in [2.45, 2.75) is 84.0 Å². The Kier molecular flexibility index (Phi) is 8.11. The molecule has 0 radical (unpaired) electrons. The van der Waals surface area contributed by atoms with Crippen molar-refractivity contribution in [2.75, 3.05) is 6.61 Å². The average Bonchev–Trinajstić information content (AvgIpc) is 2.71. The summed E-state index contributed by atoms with van der Waals surface area (Å²) >= 11 is 0. The minimum Gasteiger partial charge on any atom is -0.490 e. The lowest BCUT2D eigenvalue weighted by Crippen LogP contribution is -2.27. The first-order valence-electron chi connectivity index (χ1n) is 11.3. The van der Waals surface area contributed by atoms with Gasteiger partial charge in [-0.25, -0.2) is 13.2 Å². The van der Waals surface area contributed by atoms with E-state index < -0.39 is 17.5 Å². The Morgan fingerprint density at radius 2 is 1.32 bits per heavy atom. The van der Waals surface area contributed by atoms with E-state index >= 15 is 0 Å². The molecule has 0 unspecified atom stereocenters. The van der Waals surface area contributed by atoms with E-state index in [1.54, 1.807) is 0 Å². The quantitative estimate of drug-likeness (QED) is 0.323. The molecule has 2 fully saturated rings. The van der Waals surface area contributed by atoms with Gasteiger partial charge >= 0.3 is 0 Å². The second-order valence-electron chi connectivity index (χ2n) is 9.07. The summed E-state index contributed by atoms with van der Waals surface area (Å²) < 4.78 is 45.4. The lowest BCUT2D eigenvalue weighted by Gasteiger charge is -2.38. The highest BCUT2D eigenvalue weighted by Gasteiger charge is 2.31. The molecule has 1 aromatic carbocycles. The van der Waals surface area contributed by atoms with Crippen LogP contribution in [0, 0.1) is 41.1 Å². The summed E-state index contributed by atoms with van der Waals surface area (Å²) in [5, 5.41) is 0. The van der Waals surface area contributed by atoms with Crippen LogP contribution in [0.15, 0.2) is 12.1 Å². The van der Waals surface area contributed by atoms with Gasteiger partial charge in [0.1, 0.15) is 0 Å². The first kappa shape index (κ1) is 21.5. The van der Waals surface area contributed by atoms with Gasteiger partial charge in [0.15, 0.2) is 23.2 Å². The van der Waals surface area contributed by atoms with Crippen molar-refractivity contribution in [2.24, 2.45) is 23.7 Å². The maximum atomic E-state index is 13.7. The molecule has 2 saturated carbocycles. The van der Waals surface area contributed by atoms with Gasteiger partial charge in [-0.05, 0) is 62.2 Å². The van der Waals surface area contributed by atoms with E-state index in [1.807, 2.05) is 0 Å². The number of halogens is 3. The number of rotatable bonds is 8. The first-order chi connectivity index (χ1) is 13.6. The molecule has 4 heteroatoms. The van der Waals surface area contributed by atoms with Crippen LogP contribution in [0.4, 0.5) is 13.2 Å². The van der Waals surface area contributed by atoms with Crippen LogP contribution < -0.4 is 4.74 Å². The number of ether oxygens (including phenoxy) is 1. The Labute approximate surface area is 168 Å². The molecule has 2 aliphatic carbocycles. The Morgan fingerprint density at radius 3 is 1.93 bits per heavy atom. The summed E-state index contributed by atoms with van der Waals surface area (Å²) in [4.78, 5) is 0. The van der Waals surface area contributed by atoms with Crippen molar-refractivity contribution < 1.29 is 17.9 Å². The lowest BCUT2D eigenvalue weighted by atomic mass is 9.69. The molecule has 28 heavy (non-hydrogen) atoms. The summed E-state index contributed by atoms with van der Waals surface area (Å²) in [7, 11) is 0. The standard InChI is InChI=1S/C24H35F3O/c1-2-3-4-5-17-6-10-19(11-7-17)20-12-8-18(9-13-20)16-28-24-15-22(26)21(25)14-23(24)27/h14-15,17-20H,2-13,16H2,1H3. The van der Waals surface area contributed by atoms with E-state index in [0.29, 0.717) is 18.6 Å². The van der Waals surface area contributed by atoms with E-state index in [1.165, 1.54) is 64.2 Å². The molecule has 0 atom stereocenters. The van der Waals surface area contributed by atoms with Crippen LogP contribution in [-0.4, -0.2) is 6.61 Å². The molecule has 0 amide bonds. The summed E-state index contributed by atoms with van der Waals surface area (Å²) in [5.74, 6) is -0.199. The number of hydrogen-bond acceptors (Lipinski definition) is 1. The Bertz CT molecular complexity index is 602. The molecule has 0 bridgehead atoms. The van der Waals surface area contributed by atoms with Crippen molar-refractivity contribution in [1.29, 1.82) is 0 Å². The minimum atomic E-state index is -1.18. The van der Waals surface area contributed by atoms with Crippen molar-refractivity contribution in [3.8, 4) is 5.75 Å². The van der Waals surface area contributed by atoms with Crippen molar-refractivity contribution >= 4 is 0 Å². The number of benzene rings is 1. The Hall–Kier alpha value is -1.19. The van der Waals surface area contributed by atoms with Gasteiger partial charge in [-0.3, -0.25) is 0 Å². The van der Waals surface area contributed by atoms with E-state index in [9.17, 15) is 13.2 Å². The molecule has 1 aromatic rings. The maximum absolute atomic E-state index is 13.7. The van der Waals surface area contributed by atoms with Crippen LogP contribution in [0.2, 0.25) is 0 Å². The van der Waals surface area contributed by atoms with E-state index in [4.69, 9.17) is 4.74 Å². The number of hydrogen-bond donors (Lipinski definition) is 0. The van der Waals surface area contributed by atoms with Crippen LogP contribution in [0.25, 0.3) is 0 Å². The third kappa shape index (κ3) is 5.90. The van der Waals surface area contributed by atoms with Crippen LogP contribution in [0.5, 0.6) is 5.75 Å². The Balaban J connectivity index is 1.37. The van der Waals surface area contributed by atoms with Crippen LogP contribution in [0.1, 0.15) is 84.0 Å². The van der Waals surface area contributed by atoms with Gasteiger partial charge < -0.3 is 4.74 Å². The van der Waals surface area contributed by atoms with E-state index in [0.717, 1.165) is 36.7 Å². The van der Waals surface area contributed by atoms with Gasteiger partial charge in [-0.2, -0.15) is 0 Å². The topological polar surface area (TPSA) is 9.23 Å². The van der Waals surface area contributed by atoms with Gasteiger partial charge in [-0.1, -0.05) is 45.4 Å². The second-order valence-corrected chi connectivity index (χ2v) is 9.07. The third-order valence-electron chi connectivity index (χ3n) is 7.11. The predicted octanol–water partition coefficient (Wildman–Crippen LogP) is 7.68. The largest absolute Gasteiger partial charge is 0.490 e. The molecule has 0 aromatic heterocycles. The zero-order valence-electron chi connectivity index (χ0n) is 17.2. The highest BCUT2D eigenvalue weighted by atomic mass is 19.2. The smallest absolute Gasteiger partial charge is 0.168 e. The first-order valence-corrected chi connectivity index (χ1v) is 11.3. The summed E-state index contributed by atoms with van der Waals surface area (Å²) in [6.07, 6.45) is 15.7. The fourth-order valence-corrected chi connectivity index (χ4v) is 5.28. The zero-order chi connectivity index (χ0) is 19.9. The number of unbranched alkanes of at least 4 members (excludes halogenated alkanes) is 2. The molecule has 158 valence electrons. The van der Waals surface area contributed by atoms with E-state index in [-0.39, 0.29) is 5.75 Å². The fourth-order valence-electron chi connectivity index (χ4n) is 5.28. The predicted molar refractivity (Wildman–Crippen MR) is 107 cm³/mol. The fraction of sp³-hybridized carbons (Fsp3) is 0.750. The van der Waals surface area contributed by atoms with Crippen molar-refractivity contribution in [1.82, 2.24) is 0 Å². The monoisotopic (exact) mass is 396 g/mol. The van der Waals surface area contributed by atoms with Crippen molar-refractivity contribution in [3.05, 3.63) is 29.6 Å².